The Kier molecular flexibility index (Phi) is 4.23. The molecule has 3 N–H and O–H groups in total. The fraction of sp³-hybridized carbons (Fsp3) is 0.714. The molecule has 1 aromatic rings. The number of rotatable bonds is 2. The second kappa shape index (κ2) is 5.57. The van der Waals surface area contributed by atoms with Gasteiger partial charge in [0.25, 0.3) is 0 Å². The maximum atomic E-state index is 6.03. The molecule has 106 valence electrons. The molecule has 4 nitrogen and oxygen atoms in total. The molecule has 2 rings (SSSR count). The van der Waals surface area contributed by atoms with Crippen LogP contribution in [0.15, 0.2) is 0 Å². The lowest BCUT2D eigenvalue weighted by Crippen LogP contribution is -2.27. The van der Waals surface area contributed by atoms with Gasteiger partial charge in [0, 0.05) is 17.0 Å². The Morgan fingerprint density at radius 1 is 1.21 bits per heavy atom. The van der Waals surface area contributed by atoms with E-state index in [1.54, 1.807) is 0 Å². The minimum Gasteiger partial charge on any atom is -0.383 e. The van der Waals surface area contributed by atoms with Crippen molar-refractivity contribution in [1.29, 1.82) is 0 Å². The van der Waals surface area contributed by atoms with Crippen LogP contribution in [0.25, 0.3) is 0 Å². The van der Waals surface area contributed by atoms with E-state index >= 15 is 0 Å². The Labute approximate surface area is 120 Å². The topological polar surface area (TPSA) is 63.8 Å². The standard InChI is InChI=1S/C14H24N4S/c1-9-11(15)17-13(14(2,3)4)18-12(9)16-10-5-7-19-8-6-10/h10H,5-8H2,1-4H3,(H3,15,16,17,18). The van der Waals surface area contributed by atoms with Crippen LogP contribution in [0, 0.1) is 6.92 Å². The van der Waals surface area contributed by atoms with Crippen LogP contribution in [-0.2, 0) is 5.41 Å². The molecule has 1 fully saturated rings. The maximum absolute atomic E-state index is 6.03. The smallest absolute Gasteiger partial charge is 0.138 e. The predicted molar refractivity (Wildman–Crippen MR) is 83.9 cm³/mol. The van der Waals surface area contributed by atoms with Gasteiger partial charge in [-0.05, 0) is 31.3 Å². The molecule has 1 aromatic heterocycles. The minimum atomic E-state index is -0.0827. The van der Waals surface area contributed by atoms with E-state index in [1.807, 2.05) is 18.7 Å². The molecular formula is C14H24N4S. The van der Waals surface area contributed by atoms with Crippen LogP contribution in [0.5, 0.6) is 0 Å². The van der Waals surface area contributed by atoms with Gasteiger partial charge in [0.2, 0.25) is 0 Å². The maximum Gasteiger partial charge on any atom is 0.138 e. The summed E-state index contributed by atoms with van der Waals surface area (Å²) < 4.78 is 0. The molecule has 5 heteroatoms. The molecule has 0 aromatic carbocycles. The van der Waals surface area contributed by atoms with Gasteiger partial charge in [-0.2, -0.15) is 11.8 Å². The number of nitrogen functional groups attached to an aromatic ring is 1. The molecule has 2 heterocycles. The van der Waals surface area contributed by atoms with Gasteiger partial charge >= 0.3 is 0 Å². The van der Waals surface area contributed by atoms with Crippen molar-refractivity contribution in [3.63, 3.8) is 0 Å². The molecule has 1 saturated heterocycles. The quantitative estimate of drug-likeness (QED) is 0.872. The Morgan fingerprint density at radius 2 is 1.84 bits per heavy atom. The average molecular weight is 280 g/mol. The first-order valence-corrected chi connectivity index (χ1v) is 8.02. The Balaban J connectivity index is 2.25. The third-order valence-corrected chi connectivity index (χ3v) is 4.47. The van der Waals surface area contributed by atoms with E-state index in [9.17, 15) is 0 Å². The molecule has 1 aliphatic rings. The number of nitrogens with two attached hydrogens (primary N) is 1. The Hall–Kier alpha value is -0.970. The van der Waals surface area contributed by atoms with E-state index in [4.69, 9.17) is 5.73 Å². The number of hydrogen-bond acceptors (Lipinski definition) is 5. The molecular weight excluding hydrogens is 256 g/mol. The zero-order valence-corrected chi connectivity index (χ0v) is 13.1. The van der Waals surface area contributed by atoms with Crippen molar-refractivity contribution in [3.05, 3.63) is 11.4 Å². The van der Waals surface area contributed by atoms with Gasteiger partial charge < -0.3 is 11.1 Å². The number of hydrogen-bond donors (Lipinski definition) is 2. The SMILES string of the molecule is Cc1c(N)nc(C(C)(C)C)nc1NC1CCSCC1. The molecule has 19 heavy (non-hydrogen) atoms. The number of anilines is 2. The van der Waals surface area contributed by atoms with Crippen molar-refractivity contribution in [2.24, 2.45) is 0 Å². The van der Waals surface area contributed by atoms with Crippen LogP contribution in [0.1, 0.15) is 45.0 Å². The first-order chi connectivity index (χ1) is 8.88. The first-order valence-electron chi connectivity index (χ1n) is 6.87. The lowest BCUT2D eigenvalue weighted by Gasteiger charge is -2.25. The third kappa shape index (κ3) is 3.53. The van der Waals surface area contributed by atoms with Crippen LogP contribution in [0.3, 0.4) is 0 Å². The summed E-state index contributed by atoms with van der Waals surface area (Å²) in [5, 5.41) is 3.56. The molecule has 0 bridgehead atoms. The van der Waals surface area contributed by atoms with Gasteiger partial charge in [0.1, 0.15) is 17.5 Å². The summed E-state index contributed by atoms with van der Waals surface area (Å²) in [7, 11) is 0. The van der Waals surface area contributed by atoms with Crippen LogP contribution in [0.2, 0.25) is 0 Å². The summed E-state index contributed by atoms with van der Waals surface area (Å²) in [4.78, 5) is 9.11. The molecule has 0 spiro atoms. The van der Waals surface area contributed by atoms with Gasteiger partial charge in [-0.3, -0.25) is 0 Å². The highest BCUT2D eigenvalue weighted by atomic mass is 32.2. The molecule has 0 atom stereocenters. The summed E-state index contributed by atoms with van der Waals surface area (Å²) in [5.41, 5.74) is 6.91. The van der Waals surface area contributed by atoms with E-state index in [-0.39, 0.29) is 5.41 Å². The number of aromatic nitrogens is 2. The largest absolute Gasteiger partial charge is 0.383 e. The number of nitrogens with one attached hydrogen (secondary N) is 1. The highest BCUT2D eigenvalue weighted by Crippen LogP contribution is 2.27. The zero-order chi connectivity index (χ0) is 14.0. The summed E-state index contributed by atoms with van der Waals surface area (Å²) >= 11 is 2.03. The van der Waals surface area contributed by atoms with Crippen molar-refractivity contribution in [2.75, 3.05) is 22.6 Å². The van der Waals surface area contributed by atoms with Gasteiger partial charge in [0.15, 0.2) is 0 Å². The lowest BCUT2D eigenvalue weighted by molar-refractivity contribution is 0.545. The fourth-order valence-electron chi connectivity index (χ4n) is 2.05. The molecule has 0 saturated carbocycles. The Morgan fingerprint density at radius 3 is 2.42 bits per heavy atom. The van der Waals surface area contributed by atoms with Crippen molar-refractivity contribution in [2.45, 2.75) is 52.0 Å². The van der Waals surface area contributed by atoms with Gasteiger partial charge in [-0.1, -0.05) is 20.8 Å². The van der Waals surface area contributed by atoms with E-state index in [0.29, 0.717) is 11.9 Å². The van der Waals surface area contributed by atoms with Crippen molar-refractivity contribution >= 4 is 23.4 Å². The highest BCUT2D eigenvalue weighted by Gasteiger charge is 2.22. The summed E-state index contributed by atoms with van der Waals surface area (Å²) in [5.74, 6) is 4.76. The van der Waals surface area contributed by atoms with Crippen LogP contribution >= 0.6 is 11.8 Å². The first kappa shape index (κ1) is 14.4. The summed E-state index contributed by atoms with van der Waals surface area (Å²) in [6, 6.07) is 0.516. The van der Waals surface area contributed by atoms with Crippen LogP contribution < -0.4 is 11.1 Å². The minimum absolute atomic E-state index is 0.0827. The predicted octanol–water partition coefficient (Wildman–Crippen LogP) is 2.97. The summed E-state index contributed by atoms with van der Waals surface area (Å²) in [6.45, 7) is 8.32. The molecule has 0 radical (unpaired) electrons. The second-order valence-electron chi connectivity index (χ2n) is 6.19. The van der Waals surface area contributed by atoms with E-state index < -0.39 is 0 Å². The lowest BCUT2D eigenvalue weighted by atomic mass is 9.95. The van der Waals surface area contributed by atoms with Crippen LogP contribution in [0.4, 0.5) is 11.6 Å². The number of thioether (sulfide) groups is 1. The normalized spacial score (nSPS) is 17.5. The molecule has 0 aliphatic carbocycles. The molecule has 1 aliphatic heterocycles. The molecule has 0 amide bonds. The second-order valence-corrected chi connectivity index (χ2v) is 7.41. The van der Waals surface area contributed by atoms with Crippen LogP contribution in [-0.4, -0.2) is 27.5 Å². The van der Waals surface area contributed by atoms with Gasteiger partial charge in [-0.15, -0.1) is 0 Å². The monoisotopic (exact) mass is 280 g/mol. The summed E-state index contributed by atoms with van der Waals surface area (Å²) in [6.07, 6.45) is 2.39. The van der Waals surface area contributed by atoms with Gasteiger partial charge in [0.05, 0.1) is 0 Å². The Bertz CT molecular complexity index is 447. The average Bonchev–Trinajstić information content (AvgIpc) is 2.34. The van der Waals surface area contributed by atoms with E-state index in [0.717, 1.165) is 17.2 Å². The third-order valence-electron chi connectivity index (χ3n) is 3.42. The zero-order valence-electron chi connectivity index (χ0n) is 12.3. The fourth-order valence-corrected chi connectivity index (χ4v) is 3.15. The van der Waals surface area contributed by atoms with Crippen molar-refractivity contribution in [1.82, 2.24) is 9.97 Å². The van der Waals surface area contributed by atoms with E-state index in [2.05, 4.69) is 36.1 Å². The van der Waals surface area contributed by atoms with Crippen molar-refractivity contribution < 1.29 is 0 Å². The van der Waals surface area contributed by atoms with E-state index in [1.165, 1.54) is 24.3 Å². The van der Waals surface area contributed by atoms with Crippen molar-refractivity contribution in [3.8, 4) is 0 Å². The highest BCUT2D eigenvalue weighted by molar-refractivity contribution is 7.99. The number of nitrogens with zero attached hydrogens (tertiary/aromatic N) is 2. The molecule has 0 unspecified atom stereocenters. The van der Waals surface area contributed by atoms with Gasteiger partial charge in [-0.25, -0.2) is 9.97 Å².